The molecule has 0 bridgehead atoms. The molecule has 170 valence electrons. The van der Waals surface area contributed by atoms with Crippen LogP contribution in [-0.2, 0) is 29.4 Å². The number of hydrogen-bond acceptors (Lipinski definition) is 6. The average molecular weight is 472 g/mol. The fourth-order valence-electron chi connectivity index (χ4n) is 3.93. The molecule has 3 heterocycles. The number of nitrogens with one attached hydrogen (secondary N) is 1. The quantitative estimate of drug-likeness (QED) is 0.408. The lowest BCUT2D eigenvalue weighted by molar-refractivity contribution is 0.579. The summed E-state index contributed by atoms with van der Waals surface area (Å²) in [5.74, 6) is -0.309. The molecular weight excluding hydrogens is 450 g/mol. The Balaban J connectivity index is 1.54. The minimum absolute atomic E-state index is 0.0837. The van der Waals surface area contributed by atoms with Crippen molar-refractivity contribution in [1.29, 1.82) is 0 Å². The average Bonchev–Trinajstić information content (AvgIpc) is 3.18. The summed E-state index contributed by atoms with van der Waals surface area (Å²) in [6, 6.07) is 18.0. The molecular formula is C25H21N5O3S. The first kappa shape index (κ1) is 21.9. The minimum Gasteiger partial charge on any atom is -0.275 e. The van der Waals surface area contributed by atoms with Gasteiger partial charge in [0.25, 0.3) is 5.56 Å². The normalized spacial score (nSPS) is 11.8. The van der Waals surface area contributed by atoms with Crippen LogP contribution in [0.2, 0.25) is 0 Å². The van der Waals surface area contributed by atoms with Gasteiger partial charge in [0.2, 0.25) is 10.0 Å². The first-order chi connectivity index (χ1) is 16.4. The summed E-state index contributed by atoms with van der Waals surface area (Å²) < 4.78 is 29.9. The van der Waals surface area contributed by atoms with Crippen LogP contribution in [0.1, 0.15) is 11.3 Å². The highest BCUT2D eigenvalue weighted by Gasteiger charge is 2.20. The zero-order chi connectivity index (χ0) is 23.7. The first-order valence-corrected chi connectivity index (χ1v) is 12.3. The molecule has 5 rings (SSSR count). The van der Waals surface area contributed by atoms with E-state index in [1.54, 1.807) is 53.5 Å². The van der Waals surface area contributed by atoms with Crippen molar-refractivity contribution in [1.82, 2.24) is 24.5 Å². The van der Waals surface area contributed by atoms with Gasteiger partial charge < -0.3 is 0 Å². The van der Waals surface area contributed by atoms with Crippen molar-refractivity contribution in [3.8, 4) is 22.4 Å². The lowest BCUT2D eigenvalue weighted by Crippen LogP contribution is -2.25. The molecule has 0 saturated carbocycles. The molecule has 2 aliphatic rings. The first-order valence-electron chi connectivity index (χ1n) is 10.6. The van der Waals surface area contributed by atoms with Gasteiger partial charge in [-0.3, -0.25) is 14.5 Å². The van der Waals surface area contributed by atoms with Crippen molar-refractivity contribution in [2.45, 2.75) is 12.3 Å². The number of aromatic nitrogens is 4. The van der Waals surface area contributed by atoms with E-state index in [0.29, 0.717) is 27.9 Å². The highest BCUT2D eigenvalue weighted by Crippen LogP contribution is 2.32. The number of benzene rings is 1. The molecule has 3 aromatic rings. The second-order valence-electron chi connectivity index (χ2n) is 7.99. The summed E-state index contributed by atoms with van der Waals surface area (Å²) in [5.41, 5.74) is 3.51. The summed E-state index contributed by atoms with van der Waals surface area (Å²) in [6.45, 7) is 0.0837. The summed E-state index contributed by atoms with van der Waals surface area (Å²) in [4.78, 5) is 21.5. The van der Waals surface area contributed by atoms with E-state index in [1.165, 1.54) is 0 Å². The van der Waals surface area contributed by atoms with Gasteiger partial charge in [-0.05, 0) is 34.7 Å². The van der Waals surface area contributed by atoms with E-state index in [2.05, 4.69) is 19.8 Å². The van der Waals surface area contributed by atoms with Gasteiger partial charge in [-0.2, -0.15) is 5.10 Å². The molecule has 0 spiro atoms. The molecule has 1 N–H and O–H groups in total. The molecule has 0 saturated heterocycles. The monoisotopic (exact) mass is 471 g/mol. The molecule has 8 nitrogen and oxygen atoms in total. The van der Waals surface area contributed by atoms with Gasteiger partial charge in [0.05, 0.1) is 35.3 Å². The predicted molar refractivity (Wildman–Crippen MR) is 131 cm³/mol. The van der Waals surface area contributed by atoms with Crippen molar-refractivity contribution < 1.29 is 8.42 Å². The number of rotatable bonds is 6. The zero-order valence-electron chi connectivity index (χ0n) is 18.3. The van der Waals surface area contributed by atoms with E-state index in [-0.39, 0.29) is 12.3 Å². The summed E-state index contributed by atoms with van der Waals surface area (Å²) in [7, 11) is -1.87. The molecule has 2 aromatic heterocycles. The van der Waals surface area contributed by atoms with Crippen LogP contribution in [0.15, 0.2) is 84.0 Å². The maximum atomic E-state index is 13.0. The van der Waals surface area contributed by atoms with Gasteiger partial charge in [0.15, 0.2) is 0 Å². The van der Waals surface area contributed by atoms with Crippen LogP contribution < -0.4 is 10.3 Å². The molecule has 1 aliphatic heterocycles. The molecule has 0 amide bonds. The Morgan fingerprint density at radius 2 is 1.79 bits per heavy atom. The van der Waals surface area contributed by atoms with Crippen LogP contribution in [0.25, 0.3) is 33.2 Å². The Hall–Kier alpha value is -3.95. The SMILES string of the molecule is Cn1cc(-c2ccc3c4ccccc(CS(=O)(=O)NCc5ccccn5)c-4nc(=O)c3c2)cn1. The lowest BCUT2D eigenvalue weighted by atomic mass is 9.98. The number of nitrogens with zero attached hydrogens (tertiary/aromatic N) is 4. The summed E-state index contributed by atoms with van der Waals surface area (Å²) in [6.07, 6.45) is 5.22. The second kappa shape index (κ2) is 8.77. The smallest absolute Gasteiger partial charge is 0.275 e. The Morgan fingerprint density at radius 1 is 0.971 bits per heavy atom. The number of hydrogen-bond donors (Lipinski definition) is 1. The van der Waals surface area contributed by atoms with E-state index in [0.717, 1.165) is 16.5 Å². The molecule has 0 atom stereocenters. The topological polar surface area (TPSA) is 107 Å². The van der Waals surface area contributed by atoms with Crippen LogP contribution in [0.4, 0.5) is 0 Å². The fraction of sp³-hybridized carbons (Fsp3) is 0.120. The van der Waals surface area contributed by atoms with Gasteiger partial charge in [-0.15, -0.1) is 0 Å². The number of pyridine rings is 2. The van der Waals surface area contributed by atoms with Gasteiger partial charge in [-0.1, -0.05) is 42.5 Å². The molecule has 0 fully saturated rings. The molecule has 1 aliphatic carbocycles. The fourth-order valence-corrected chi connectivity index (χ4v) is 5.04. The molecule has 9 heteroatoms. The zero-order valence-corrected chi connectivity index (χ0v) is 19.2. The van der Waals surface area contributed by atoms with E-state index in [4.69, 9.17) is 0 Å². The van der Waals surface area contributed by atoms with Crippen molar-refractivity contribution >= 4 is 20.8 Å². The lowest BCUT2D eigenvalue weighted by Gasteiger charge is -2.12. The largest absolute Gasteiger partial charge is 0.278 e. The third kappa shape index (κ3) is 4.43. The standard InChI is InChI=1S/C25H21N5O3S/c1-30-15-19(13-27-30)17-9-10-21-22-8-3-2-6-18(24(22)29-25(31)23(21)12-17)16-34(32,33)28-14-20-7-4-5-11-26-20/h2-13,15,28H,14,16H2,1H3. The van der Waals surface area contributed by atoms with Gasteiger partial charge in [-0.25, -0.2) is 18.1 Å². The Labute approximate surface area is 196 Å². The maximum Gasteiger partial charge on any atom is 0.278 e. The van der Waals surface area contributed by atoms with Crippen molar-refractivity contribution in [3.05, 3.63) is 101 Å². The van der Waals surface area contributed by atoms with E-state index in [9.17, 15) is 13.2 Å². The van der Waals surface area contributed by atoms with Gasteiger partial charge in [0.1, 0.15) is 0 Å². The van der Waals surface area contributed by atoms with E-state index >= 15 is 0 Å². The molecule has 1 aromatic carbocycles. The molecule has 0 radical (unpaired) electrons. The summed E-state index contributed by atoms with van der Waals surface area (Å²) in [5, 5.41) is 5.39. The predicted octanol–water partition coefficient (Wildman–Crippen LogP) is 3.11. The number of sulfonamides is 1. The van der Waals surface area contributed by atoms with Gasteiger partial charge >= 0.3 is 0 Å². The third-order valence-electron chi connectivity index (χ3n) is 5.57. The van der Waals surface area contributed by atoms with Crippen molar-refractivity contribution in [2.24, 2.45) is 7.05 Å². The molecule has 0 unspecified atom stereocenters. The van der Waals surface area contributed by atoms with E-state index in [1.807, 2.05) is 37.5 Å². The Morgan fingerprint density at radius 3 is 2.56 bits per heavy atom. The highest BCUT2D eigenvalue weighted by atomic mass is 32.2. The highest BCUT2D eigenvalue weighted by molar-refractivity contribution is 7.88. The Bertz CT molecular complexity index is 1630. The van der Waals surface area contributed by atoms with Crippen LogP contribution in [0.3, 0.4) is 0 Å². The Kier molecular flexibility index (Phi) is 5.64. The van der Waals surface area contributed by atoms with Crippen LogP contribution in [-0.4, -0.2) is 28.2 Å². The van der Waals surface area contributed by atoms with E-state index < -0.39 is 15.6 Å². The summed E-state index contributed by atoms with van der Waals surface area (Å²) >= 11 is 0. The maximum absolute atomic E-state index is 13.0. The van der Waals surface area contributed by atoms with Gasteiger partial charge in [0, 0.05) is 30.6 Å². The van der Waals surface area contributed by atoms with Crippen LogP contribution >= 0.6 is 0 Å². The van der Waals surface area contributed by atoms with Crippen LogP contribution in [0, 0.1) is 0 Å². The third-order valence-corrected chi connectivity index (χ3v) is 6.84. The molecule has 34 heavy (non-hydrogen) atoms. The number of aryl methyl sites for hydroxylation is 1. The second-order valence-corrected chi connectivity index (χ2v) is 9.79. The minimum atomic E-state index is -3.70. The van der Waals surface area contributed by atoms with Crippen LogP contribution in [0.5, 0.6) is 0 Å². The number of fused-ring (bicyclic) bond motifs is 3. The van der Waals surface area contributed by atoms with Crippen molar-refractivity contribution in [2.75, 3.05) is 0 Å². The van der Waals surface area contributed by atoms with Crippen molar-refractivity contribution in [3.63, 3.8) is 0 Å².